The monoisotopic (exact) mass is 1440 g/mol. The fourth-order valence-electron chi connectivity index (χ4n) is 20.1. The maximum atomic E-state index is 15.8. The number of hydrogen-bond acceptors (Lipinski definition) is 3. The summed E-state index contributed by atoms with van der Waals surface area (Å²) in [6.45, 7) is 0. The Hall–Kier alpha value is -14.1. The second-order valence-corrected chi connectivity index (χ2v) is 33.1. The summed E-state index contributed by atoms with van der Waals surface area (Å²) in [5.74, 6) is 3.33. The molecule has 2 spiro atoms. The molecule has 2 aliphatic carbocycles. The second-order valence-electron chi connectivity index (χ2n) is 30.4. The van der Waals surface area contributed by atoms with E-state index in [0.29, 0.717) is 0 Å². The number of rotatable bonds is 8. The topological polar surface area (TPSA) is 45.4 Å². The van der Waals surface area contributed by atoms with Gasteiger partial charge in [-0.15, -0.1) is 0 Å². The van der Waals surface area contributed by atoms with E-state index in [4.69, 9.17) is 9.47 Å². The van der Waals surface area contributed by atoms with Gasteiger partial charge in [0.2, 0.25) is 0 Å². The van der Waals surface area contributed by atoms with Crippen molar-refractivity contribution in [1.29, 1.82) is 0 Å². The van der Waals surface area contributed by atoms with Gasteiger partial charge in [0, 0.05) is 94.0 Å². The molecule has 0 N–H and O–H groups in total. The highest BCUT2D eigenvalue weighted by molar-refractivity contribution is 7.85. The van der Waals surface area contributed by atoms with Gasteiger partial charge in [0.15, 0.2) is 7.14 Å². The molecule has 4 heterocycles. The van der Waals surface area contributed by atoms with Crippen LogP contribution in [0, 0.1) is 0 Å². The molecule has 6 heteroatoms. The number of nitrogens with zero attached hydrogens (tertiary/aromatic N) is 2. The van der Waals surface area contributed by atoms with Crippen molar-refractivity contribution in [2.45, 2.75) is 10.8 Å². The largest absolute Gasteiger partial charge is 0.457 e. The van der Waals surface area contributed by atoms with Gasteiger partial charge in [0.05, 0.1) is 32.9 Å². The van der Waals surface area contributed by atoms with Crippen LogP contribution in [0.1, 0.15) is 44.5 Å². The Labute approximate surface area is 646 Å². The van der Waals surface area contributed by atoms with Gasteiger partial charge >= 0.3 is 0 Å². The van der Waals surface area contributed by atoms with Crippen molar-refractivity contribution >= 4 is 88.2 Å². The third-order valence-electron chi connectivity index (χ3n) is 24.9. The lowest BCUT2D eigenvalue weighted by Crippen LogP contribution is -2.32. The van der Waals surface area contributed by atoms with E-state index in [2.05, 4.69) is 343 Å². The van der Waals surface area contributed by atoms with E-state index in [0.717, 1.165) is 155 Å². The van der Waals surface area contributed by atoms with Crippen LogP contribution in [0.15, 0.2) is 394 Å². The zero-order valence-corrected chi connectivity index (χ0v) is 61.5. The standard InChI is InChI=1S/C106H65N2O3P/c109-112(76-31-6-2-7-32-76,77-33-8-3-9-34-77)78-52-50-74(51-53-78)107-97-64-101-96(62-87(97)84-54-47-67-27-10-12-35-79(67)103(84)107)106(94-44-21-23-46-100(94)111-101)91-42-19-16-39-83(91)86-61-71(49-56-92(86)106)69-29-24-30-70(57-69)73-58-72(66-25-4-1-5-26-66)59-75(60-73)108-98-65-102-95(63-88(98)85-55-48-68-28-11-13-36-80(68)104(85)108)105(93-43-20-22-45-99(93)110-102)89-40-17-14-37-81(89)82-38-15-18-41-90(82)105/h1-65H. The Morgan fingerprint density at radius 2 is 0.616 bits per heavy atom. The Bertz CT molecular complexity index is 7390. The molecule has 0 saturated heterocycles. The van der Waals surface area contributed by atoms with Crippen molar-refractivity contribution in [1.82, 2.24) is 9.13 Å². The molecule has 112 heavy (non-hydrogen) atoms. The van der Waals surface area contributed by atoms with E-state index < -0.39 is 18.0 Å². The second kappa shape index (κ2) is 23.7. The molecular weight excluding hydrogens is 1380 g/mol. The number of para-hydroxylation sites is 2. The molecular formula is C106H65N2O3P. The molecule has 0 amide bonds. The number of ether oxygens (including phenoxy) is 2. The average molecular weight is 1450 g/mol. The van der Waals surface area contributed by atoms with E-state index in [9.17, 15) is 0 Å². The maximum absolute atomic E-state index is 15.8. The van der Waals surface area contributed by atoms with E-state index in [1.807, 2.05) is 60.7 Å². The molecule has 5 nitrogen and oxygen atoms in total. The molecule has 0 bridgehead atoms. The van der Waals surface area contributed by atoms with Crippen molar-refractivity contribution in [2.24, 2.45) is 0 Å². The van der Waals surface area contributed by atoms with Crippen molar-refractivity contribution in [3.63, 3.8) is 0 Å². The Morgan fingerprint density at radius 1 is 0.223 bits per heavy atom. The van der Waals surface area contributed by atoms with Crippen molar-refractivity contribution < 1.29 is 14.0 Å². The Balaban J connectivity index is 0.673. The third-order valence-corrected chi connectivity index (χ3v) is 27.9. The van der Waals surface area contributed by atoms with Crippen LogP contribution in [0.2, 0.25) is 0 Å². The van der Waals surface area contributed by atoms with Crippen LogP contribution < -0.4 is 25.4 Å². The van der Waals surface area contributed by atoms with Gasteiger partial charge in [-0.3, -0.25) is 0 Å². The molecule has 522 valence electrons. The highest BCUT2D eigenvalue weighted by Gasteiger charge is 2.53. The predicted molar refractivity (Wildman–Crippen MR) is 461 cm³/mol. The number of benzene rings is 18. The van der Waals surface area contributed by atoms with Crippen LogP contribution >= 0.6 is 7.14 Å². The first-order valence-electron chi connectivity index (χ1n) is 38.5. The van der Waals surface area contributed by atoms with Crippen molar-refractivity contribution in [3.8, 4) is 90.0 Å². The summed E-state index contributed by atoms with van der Waals surface area (Å²) in [4.78, 5) is 0. The lowest BCUT2D eigenvalue weighted by atomic mass is 9.66. The van der Waals surface area contributed by atoms with Gasteiger partial charge in [-0.05, 0) is 168 Å². The predicted octanol–water partition coefficient (Wildman–Crippen LogP) is 25.8. The first kappa shape index (κ1) is 62.9. The van der Waals surface area contributed by atoms with Gasteiger partial charge in [0.25, 0.3) is 0 Å². The van der Waals surface area contributed by atoms with Gasteiger partial charge in [0.1, 0.15) is 23.0 Å². The van der Waals surface area contributed by atoms with Crippen LogP contribution in [-0.4, -0.2) is 9.13 Å². The summed E-state index contributed by atoms with van der Waals surface area (Å²) >= 11 is 0. The SMILES string of the molecule is O=P(c1ccccc1)(c1ccccc1)c1ccc(-n2c3cc4c(cc3c3ccc5ccccc5c32)C2(c3ccccc3O4)c3ccccc3-c3cc(-c4cccc(-c5cc(-c6ccccc6)cc(-n6c7cc8c(cc7c7ccc9ccccc9c76)C6(c7ccccc7O8)c7ccccc7-c7ccccc76)c5)c4)ccc32)cc1. The number of hydrogen-bond donors (Lipinski definition) is 0. The molecule has 0 radical (unpaired) electrons. The summed E-state index contributed by atoms with van der Waals surface area (Å²) in [5.41, 5.74) is 26.0. The quantitative estimate of drug-likeness (QED) is 0.142. The first-order valence-corrected chi connectivity index (χ1v) is 40.2. The van der Waals surface area contributed by atoms with Crippen LogP contribution in [0.3, 0.4) is 0 Å². The summed E-state index contributed by atoms with van der Waals surface area (Å²) in [6, 6.07) is 143. The number of fused-ring (bicyclic) bond motifs is 28. The van der Waals surface area contributed by atoms with Crippen LogP contribution in [-0.2, 0) is 15.4 Å². The Kier molecular flexibility index (Phi) is 13.3. The zero-order chi connectivity index (χ0) is 73.5. The smallest absolute Gasteiger partial charge is 0.171 e. The zero-order valence-electron chi connectivity index (χ0n) is 60.6. The minimum absolute atomic E-state index is 0.623. The van der Waals surface area contributed by atoms with Gasteiger partial charge in [-0.2, -0.15) is 0 Å². The lowest BCUT2D eigenvalue weighted by Gasteiger charge is -2.39. The van der Waals surface area contributed by atoms with E-state index >= 15 is 4.57 Å². The van der Waals surface area contributed by atoms with E-state index in [1.165, 1.54) is 60.7 Å². The summed E-state index contributed by atoms with van der Waals surface area (Å²) in [6.07, 6.45) is 0. The fourth-order valence-corrected chi connectivity index (χ4v) is 22.8. The summed E-state index contributed by atoms with van der Waals surface area (Å²) in [5, 5.41) is 11.6. The molecule has 2 aromatic heterocycles. The average Bonchev–Trinajstić information content (AvgIpc) is 1.51. The van der Waals surface area contributed by atoms with Crippen LogP contribution in [0.25, 0.3) is 132 Å². The maximum Gasteiger partial charge on any atom is 0.171 e. The fraction of sp³-hybridized carbons (Fsp3) is 0.0189. The minimum atomic E-state index is -3.26. The van der Waals surface area contributed by atoms with Gasteiger partial charge in [-0.25, -0.2) is 0 Å². The van der Waals surface area contributed by atoms with Crippen molar-refractivity contribution in [2.75, 3.05) is 0 Å². The molecule has 4 aliphatic rings. The molecule has 1 unspecified atom stereocenters. The molecule has 24 rings (SSSR count). The first-order chi connectivity index (χ1) is 55.4. The highest BCUT2D eigenvalue weighted by Crippen LogP contribution is 2.66. The highest BCUT2D eigenvalue weighted by atomic mass is 31.2. The van der Waals surface area contributed by atoms with Crippen LogP contribution in [0.5, 0.6) is 23.0 Å². The third kappa shape index (κ3) is 8.66. The molecule has 20 aromatic rings. The Morgan fingerprint density at radius 3 is 1.15 bits per heavy atom. The molecule has 1 atom stereocenters. The summed E-state index contributed by atoms with van der Waals surface area (Å²) < 4.78 is 35.3. The van der Waals surface area contributed by atoms with E-state index in [1.54, 1.807) is 0 Å². The molecule has 2 aliphatic heterocycles. The molecule has 0 saturated carbocycles. The van der Waals surface area contributed by atoms with Gasteiger partial charge in [-0.1, -0.05) is 303 Å². The van der Waals surface area contributed by atoms with Crippen LogP contribution in [0.4, 0.5) is 0 Å². The normalized spacial score (nSPS) is 14.5. The molecule has 0 fully saturated rings. The summed E-state index contributed by atoms with van der Waals surface area (Å²) in [7, 11) is -3.26. The minimum Gasteiger partial charge on any atom is -0.457 e. The lowest BCUT2D eigenvalue weighted by molar-refractivity contribution is 0.437. The molecule has 18 aromatic carbocycles. The number of aromatic nitrogens is 2. The van der Waals surface area contributed by atoms with Gasteiger partial charge < -0.3 is 23.2 Å². The van der Waals surface area contributed by atoms with Crippen molar-refractivity contribution in [3.05, 3.63) is 439 Å². The van der Waals surface area contributed by atoms with E-state index in [-0.39, 0.29) is 0 Å².